The van der Waals surface area contributed by atoms with E-state index in [0.717, 1.165) is 11.3 Å². The lowest BCUT2D eigenvalue weighted by Gasteiger charge is -2.35. The highest BCUT2D eigenvalue weighted by molar-refractivity contribution is 9.11. The molecule has 0 atom stereocenters. The second-order valence-electron chi connectivity index (χ2n) is 4.32. The van der Waals surface area contributed by atoms with Crippen molar-refractivity contribution < 1.29 is 13.2 Å². The lowest BCUT2D eigenvalue weighted by molar-refractivity contribution is 0.0557. The van der Waals surface area contributed by atoms with Crippen LogP contribution >= 0.6 is 54.8 Å². The molecular formula is C10H12Br2ClNO3S2. The Kier molecular flexibility index (Phi) is 5.36. The molecule has 0 amide bonds. The summed E-state index contributed by atoms with van der Waals surface area (Å²) in [5.74, 6) is 0. The van der Waals surface area contributed by atoms with Crippen LogP contribution in [0.15, 0.2) is 14.1 Å². The summed E-state index contributed by atoms with van der Waals surface area (Å²) in [6, 6.07) is 1.46. The fourth-order valence-corrected chi connectivity index (χ4v) is 6.56. The fourth-order valence-electron chi connectivity index (χ4n) is 1.82. The summed E-state index contributed by atoms with van der Waals surface area (Å²) in [5.41, 5.74) is -0.486. The molecule has 19 heavy (non-hydrogen) atoms. The molecule has 0 aliphatic carbocycles. The Hall–Kier alpha value is 0.820. The minimum atomic E-state index is -3.56. The molecule has 1 aromatic heterocycles. The van der Waals surface area contributed by atoms with Crippen molar-refractivity contribution in [3.8, 4) is 0 Å². The van der Waals surface area contributed by atoms with E-state index >= 15 is 0 Å². The molecule has 0 saturated carbocycles. The molecule has 1 aliphatic rings. The van der Waals surface area contributed by atoms with Gasteiger partial charge in [0.15, 0.2) is 0 Å². The molecule has 4 nitrogen and oxygen atoms in total. The molecule has 0 spiro atoms. The molecule has 1 N–H and O–H groups in total. The minimum Gasteiger partial charge on any atom is -0.381 e. The van der Waals surface area contributed by atoms with Gasteiger partial charge >= 0.3 is 0 Å². The van der Waals surface area contributed by atoms with Gasteiger partial charge in [0.1, 0.15) is 4.21 Å². The van der Waals surface area contributed by atoms with Gasteiger partial charge in [-0.1, -0.05) is 27.5 Å². The van der Waals surface area contributed by atoms with E-state index in [1.165, 1.54) is 6.07 Å². The Morgan fingerprint density at radius 1 is 1.47 bits per heavy atom. The summed E-state index contributed by atoms with van der Waals surface area (Å²) < 4.78 is 33.7. The Morgan fingerprint density at radius 2 is 2.11 bits per heavy atom. The average molecular weight is 454 g/mol. The summed E-state index contributed by atoms with van der Waals surface area (Å²) in [7, 11) is -3.56. The van der Waals surface area contributed by atoms with E-state index in [4.69, 9.17) is 16.3 Å². The van der Waals surface area contributed by atoms with Gasteiger partial charge in [0.2, 0.25) is 0 Å². The first-order chi connectivity index (χ1) is 8.88. The van der Waals surface area contributed by atoms with Crippen LogP contribution in [0.25, 0.3) is 0 Å². The zero-order valence-corrected chi connectivity index (χ0v) is 15.3. The second kappa shape index (κ2) is 6.29. The van der Waals surface area contributed by atoms with Crippen LogP contribution in [-0.2, 0) is 14.8 Å². The maximum absolute atomic E-state index is 12.4. The van der Waals surface area contributed by atoms with Gasteiger partial charge in [0.25, 0.3) is 10.0 Å². The SMILES string of the molecule is O=S(=O)(NC1(CBr)CCOCC1)c1cc(Cl)c(Br)s1. The van der Waals surface area contributed by atoms with Crippen molar-refractivity contribution in [3.63, 3.8) is 0 Å². The molecule has 108 valence electrons. The predicted octanol–water partition coefficient (Wildman–Crippen LogP) is 3.39. The normalized spacial score (nSPS) is 19.5. The Labute approximate surface area is 138 Å². The molecule has 1 aliphatic heterocycles. The molecule has 1 fully saturated rings. The zero-order chi connectivity index (χ0) is 14.1. The van der Waals surface area contributed by atoms with Crippen molar-refractivity contribution in [2.45, 2.75) is 22.6 Å². The van der Waals surface area contributed by atoms with Crippen LogP contribution in [0.2, 0.25) is 5.02 Å². The van der Waals surface area contributed by atoms with Crippen molar-refractivity contribution in [2.75, 3.05) is 18.5 Å². The van der Waals surface area contributed by atoms with Gasteiger partial charge in [-0.3, -0.25) is 0 Å². The number of ether oxygens (including phenoxy) is 1. The first-order valence-electron chi connectivity index (χ1n) is 5.51. The molecule has 0 aromatic carbocycles. The number of sulfonamides is 1. The average Bonchev–Trinajstić information content (AvgIpc) is 2.71. The Morgan fingerprint density at radius 3 is 2.58 bits per heavy atom. The summed E-state index contributed by atoms with van der Waals surface area (Å²) in [6.45, 7) is 1.12. The summed E-state index contributed by atoms with van der Waals surface area (Å²) in [4.78, 5) is 0. The lowest BCUT2D eigenvalue weighted by atomic mass is 9.94. The van der Waals surface area contributed by atoms with Crippen molar-refractivity contribution in [1.29, 1.82) is 0 Å². The number of nitrogens with one attached hydrogen (secondary N) is 1. The molecular weight excluding hydrogens is 442 g/mol. The molecule has 1 saturated heterocycles. The zero-order valence-electron chi connectivity index (χ0n) is 9.79. The highest BCUT2D eigenvalue weighted by atomic mass is 79.9. The number of rotatable bonds is 4. The third-order valence-corrected chi connectivity index (χ3v) is 8.54. The maximum Gasteiger partial charge on any atom is 0.250 e. The number of hydrogen-bond donors (Lipinski definition) is 1. The van der Waals surface area contributed by atoms with Gasteiger partial charge in [-0.05, 0) is 34.8 Å². The molecule has 0 unspecified atom stereocenters. The molecule has 1 aromatic rings. The summed E-state index contributed by atoms with van der Waals surface area (Å²) >= 11 is 13.6. The number of thiophene rings is 1. The van der Waals surface area contributed by atoms with Crippen LogP contribution in [0.4, 0.5) is 0 Å². The van der Waals surface area contributed by atoms with Crippen LogP contribution in [0.5, 0.6) is 0 Å². The number of alkyl halides is 1. The second-order valence-corrected chi connectivity index (χ2v) is 9.57. The maximum atomic E-state index is 12.4. The van der Waals surface area contributed by atoms with Gasteiger partial charge in [-0.25, -0.2) is 13.1 Å². The van der Waals surface area contributed by atoms with Crippen LogP contribution in [0.1, 0.15) is 12.8 Å². The third-order valence-electron chi connectivity index (χ3n) is 2.94. The first-order valence-corrected chi connectivity index (χ1v) is 10.1. The van der Waals surface area contributed by atoms with Crippen LogP contribution in [0, 0.1) is 0 Å². The molecule has 2 rings (SSSR count). The molecule has 2 heterocycles. The quantitative estimate of drug-likeness (QED) is 0.711. The standard InChI is InChI=1S/C10H12Br2ClNO3S2/c11-6-10(1-3-17-4-2-10)14-19(15,16)8-5-7(13)9(12)18-8/h5,14H,1-4,6H2. The molecule has 9 heteroatoms. The van der Waals surface area contributed by atoms with Crippen LogP contribution < -0.4 is 4.72 Å². The Balaban J connectivity index is 2.24. The van der Waals surface area contributed by atoms with Crippen molar-refractivity contribution in [3.05, 3.63) is 14.9 Å². The molecule has 0 radical (unpaired) electrons. The lowest BCUT2D eigenvalue weighted by Crippen LogP contribution is -2.53. The van der Waals surface area contributed by atoms with E-state index in [1.807, 2.05) is 0 Å². The highest BCUT2D eigenvalue weighted by Crippen LogP contribution is 2.35. The predicted molar refractivity (Wildman–Crippen MR) is 83.9 cm³/mol. The summed E-state index contributed by atoms with van der Waals surface area (Å²) in [5, 5.41) is 0.966. The highest BCUT2D eigenvalue weighted by Gasteiger charge is 2.36. The van der Waals surface area contributed by atoms with Gasteiger partial charge in [-0.15, -0.1) is 11.3 Å². The van der Waals surface area contributed by atoms with Crippen LogP contribution in [0.3, 0.4) is 0 Å². The third kappa shape index (κ3) is 3.72. The van der Waals surface area contributed by atoms with Gasteiger partial charge in [-0.2, -0.15) is 0 Å². The minimum absolute atomic E-state index is 0.219. The fraction of sp³-hybridized carbons (Fsp3) is 0.600. The largest absolute Gasteiger partial charge is 0.381 e. The van der Waals surface area contributed by atoms with Crippen molar-refractivity contribution >= 4 is 64.8 Å². The van der Waals surface area contributed by atoms with E-state index in [1.54, 1.807) is 0 Å². The topological polar surface area (TPSA) is 55.4 Å². The number of halogens is 3. The van der Waals surface area contributed by atoms with Gasteiger partial charge in [0, 0.05) is 24.1 Å². The van der Waals surface area contributed by atoms with Crippen molar-refractivity contribution in [2.24, 2.45) is 0 Å². The van der Waals surface area contributed by atoms with Gasteiger partial charge < -0.3 is 4.74 Å². The monoisotopic (exact) mass is 451 g/mol. The first kappa shape index (κ1) is 16.2. The molecule has 0 bridgehead atoms. The smallest absolute Gasteiger partial charge is 0.250 e. The van der Waals surface area contributed by atoms with Crippen LogP contribution in [-0.4, -0.2) is 32.5 Å². The van der Waals surface area contributed by atoms with E-state index in [0.29, 0.717) is 40.2 Å². The summed E-state index contributed by atoms with van der Waals surface area (Å²) in [6.07, 6.45) is 1.30. The van der Waals surface area contributed by atoms with Crippen molar-refractivity contribution in [1.82, 2.24) is 4.72 Å². The van der Waals surface area contributed by atoms with Gasteiger partial charge in [0.05, 0.1) is 8.81 Å². The number of hydrogen-bond acceptors (Lipinski definition) is 4. The van der Waals surface area contributed by atoms with E-state index in [2.05, 4.69) is 36.6 Å². The Bertz CT molecular complexity index is 536. The van der Waals surface area contributed by atoms with E-state index in [-0.39, 0.29) is 4.21 Å². The van der Waals surface area contributed by atoms with E-state index in [9.17, 15) is 8.42 Å². The van der Waals surface area contributed by atoms with E-state index < -0.39 is 15.6 Å².